The second kappa shape index (κ2) is 5.56. The Balaban J connectivity index is 2.56. The van der Waals surface area contributed by atoms with Crippen molar-refractivity contribution in [2.75, 3.05) is 20.6 Å². The molecule has 0 bridgehead atoms. The molecule has 0 radical (unpaired) electrons. The van der Waals surface area contributed by atoms with E-state index in [1.807, 2.05) is 38.1 Å². The van der Waals surface area contributed by atoms with Gasteiger partial charge in [0.2, 0.25) is 5.91 Å². The van der Waals surface area contributed by atoms with Crippen LogP contribution in [0, 0.1) is 0 Å². The van der Waals surface area contributed by atoms with Gasteiger partial charge in [0.15, 0.2) is 0 Å². The molecule has 1 rings (SSSR count). The second-order valence-corrected chi connectivity index (χ2v) is 3.65. The fraction of sp³-hybridized carbons (Fsp3) is 0.545. The molecule has 1 N–H and O–H groups in total. The van der Waals surface area contributed by atoms with Crippen LogP contribution in [-0.4, -0.2) is 31.4 Å². The summed E-state index contributed by atoms with van der Waals surface area (Å²) in [6.07, 6.45) is 2.16. The minimum atomic E-state index is 0.0633. The van der Waals surface area contributed by atoms with Gasteiger partial charge in [0.1, 0.15) is 5.76 Å². The Hall–Kier alpha value is -1.29. The zero-order valence-corrected chi connectivity index (χ0v) is 9.49. The molecule has 4 nitrogen and oxygen atoms in total. The Bertz CT molecular complexity index is 294. The molecule has 15 heavy (non-hydrogen) atoms. The summed E-state index contributed by atoms with van der Waals surface area (Å²) in [7, 11) is 3.93. The third-order valence-electron chi connectivity index (χ3n) is 2.31. The van der Waals surface area contributed by atoms with Crippen molar-refractivity contribution in [3.63, 3.8) is 0 Å². The number of amides is 1. The molecule has 4 heteroatoms. The maximum atomic E-state index is 11.1. The van der Waals surface area contributed by atoms with E-state index in [2.05, 4.69) is 5.32 Å². The predicted octanol–water partition coefficient (Wildman–Crippen LogP) is 1.41. The minimum Gasteiger partial charge on any atom is -0.468 e. The number of hydrogen-bond acceptors (Lipinski definition) is 3. The van der Waals surface area contributed by atoms with Crippen molar-refractivity contribution in [3.8, 4) is 0 Å². The predicted molar refractivity (Wildman–Crippen MR) is 58.4 cm³/mol. The molecule has 0 aliphatic carbocycles. The van der Waals surface area contributed by atoms with Crippen molar-refractivity contribution in [1.29, 1.82) is 0 Å². The van der Waals surface area contributed by atoms with Crippen LogP contribution >= 0.6 is 0 Å². The average Bonchev–Trinajstić information content (AvgIpc) is 2.70. The van der Waals surface area contributed by atoms with Gasteiger partial charge in [-0.1, -0.05) is 6.92 Å². The Morgan fingerprint density at radius 1 is 1.60 bits per heavy atom. The zero-order valence-electron chi connectivity index (χ0n) is 9.49. The van der Waals surface area contributed by atoms with Crippen LogP contribution in [0.25, 0.3) is 0 Å². The highest BCUT2D eigenvalue weighted by molar-refractivity contribution is 5.75. The zero-order chi connectivity index (χ0) is 11.3. The number of furan rings is 1. The van der Waals surface area contributed by atoms with Crippen molar-refractivity contribution in [2.45, 2.75) is 19.4 Å². The van der Waals surface area contributed by atoms with Crippen molar-refractivity contribution in [3.05, 3.63) is 24.2 Å². The van der Waals surface area contributed by atoms with Crippen molar-refractivity contribution >= 4 is 5.91 Å². The van der Waals surface area contributed by atoms with Gasteiger partial charge in [-0.15, -0.1) is 0 Å². The lowest BCUT2D eigenvalue weighted by Crippen LogP contribution is -2.33. The van der Waals surface area contributed by atoms with Crippen LogP contribution in [0.1, 0.15) is 25.1 Å². The summed E-state index contributed by atoms with van der Waals surface area (Å²) in [5, 5.41) is 2.86. The number of rotatable bonds is 5. The lowest BCUT2D eigenvalue weighted by molar-refractivity contribution is -0.121. The first-order chi connectivity index (χ1) is 7.15. The van der Waals surface area contributed by atoms with Gasteiger partial charge in [-0.2, -0.15) is 0 Å². The minimum absolute atomic E-state index is 0.0633. The van der Waals surface area contributed by atoms with Gasteiger partial charge in [-0.3, -0.25) is 9.69 Å². The molecule has 0 fully saturated rings. The number of nitrogens with zero attached hydrogens (tertiary/aromatic N) is 1. The van der Waals surface area contributed by atoms with Crippen molar-refractivity contribution in [2.24, 2.45) is 0 Å². The molecule has 0 saturated heterocycles. The topological polar surface area (TPSA) is 45.5 Å². The third kappa shape index (κ3) is 3.40. The smallest absolute Gasteiger partial charge is 0.219 e. The Kier molecular flexibility index (Phi) is 4.37. The van der Waals surface area contributed by atoms with Gasteiger partial charge in [0.05, 0.1) is 12.3 Å². The molecule has 1 heterocycles. The summed E-state index contributed by atoms with van der Waals surface area (Å²) >= 11 is 0. The molecule has 0 spiro atoms. The fourth-order valence-electron chi connectivity index (χ4n) is 1.35. The number of nitrogens with one attached hydrogen (secondary N) is 1. The van der Waals surface area contributed by atoms with E-state index in [1.165, 1.54) is 0 Å². The van der Waals surface area contributed by atoms with Crippen LogP contribution in [0.15, 0.2) is 22.8 Å². The second-order valence-electron chi connectivity index (χ2n) is 3.65. The standard InChI is InChI=1S/C11H18N2O2/c1-4-11(14)12-8-9(13(2)3)10-6-5-7-15-10/h5-7,9H,4,8H2,1-3H3,(H,12,14)/t9-/m0/s1. The lowest BCUT2D eigenvalue weighted by Gasteiger charge is -2.22. The van der Waals surface area contributed by atoms with Crippen LogP contribution in [0.3, 0.4) is 0 Å². The number of carbonyl (C=O) groups is 1. The molecular weight excluding hydrogens is 192 g/mol. The Labute approximate surface area is 90.3 Å². The van der Waals surface area contributed by atoms with E-state index in [0.29, 0.717) is 13.0 Å². The Morgan fingerprint density at radius 3 is 2.80 bits per heavy atom. The highest BCUT2D eigenvalue weighted by Crippen LogP contribution is 2.17. The fourth-order valence-corrected chi connectivity index (χ4v) is 1.35. The molecule has 1 aromatic rings. The van der Waals surface area contributed by atoms with Crippen molar-refractivity contribution < 1.29 is 9.21 Å². The summed E-state index contributed by atoms with van der Waals surface area (Å²) in [5.41, 5.74) is 0. The first-order valence-electron chi connectivity index (χ1n) is 5.11. The van der Waals surface area contributed by atoms with E-state index < -0.39 is 0 Å². The highest BCUT2D eigenvalue weighted by Gasteiger charge is 2.17. The molecule has 84 valence electrons. The van der Waals surface area contributed by atoms with Crippen LogP contribution in [-0.2, 0) is 4.79 Å². The van der Waals surface area contributed by atoms with E-state index >= 15 is 0 Å². The van der Waals surface area contributed by atoms with Gasteiger partial charge < -0.3 is 9.73 Å². The van der Waals surface area contributed by atoms with Crippen LogP contribution in [0.2, 0.25) is 0 Å². The number of carbonyl (C=O) groups excluding carboxylic acids is 1. The molecule has 1 aromatic heterocycles. The van der Waals surface area contributed by atoms with Crippen LogP contribution in [0.5, 0.6) is 0 Å². The van der Waals surface area contributed by atoms with Crippen LogP contribution in [0.4, 0.5) is 0 Å². The van der Waals surface area contributed by atoms with Gasteiger partial charge in [0, 0.05) is 13.0 Å². The summed E-state index contributed by atoms with van der Waals surface area (Å²) in [4.78, 5) is 13.2. The highest BCUT2D eigenvalue weighted by atomic mass is 16.3. The molecule has 0 saturated carbocycles. The lowest BCUT2D eigenvalue weighted by atomic mass is 10.2. The van der Waals surface area contributed by atoms with E-state index in [9.17, 15) is 4.79 Å². The number of likely N-dealkylation sites (N-methyl/N-ethyl adjacent to an activating group) is 1. The Morgan fingerprint density at radius 2 is 2.33 bits per heavy atom. The molecular formula is C11H18N2O2. The first kappa shape index (κ1) is 11.8. The van der Waals surface area contributed by atoms with Crippen molar-refractivity contribution in [1.82, 2.24) is 10.2 Å². The molecule has 0 aliphatic rings. The first-order valence-corrected chi connectivity index (χ1v) is 5.11. The number of hydrogen-bond donors (Lipinski definition) is 1. The average molecular weight is 210 g/mol. The van der Waals surface area contributed by atoms with E-state index in [0.717, 1.165) is 5.76 Å². The third-order valence-corrected chi connectivity index (χ3v) is 2.31. The van der Waals surface area contributed by atoms with E-state index in [1.54, 1.807) is 6.26 Å². The monoisotopic (exact) mass is 210 g/mol. The van der Waals surface area contributed by atoms with Gasteiger partial charge in [0.25, 0.3) is 0 Å². The largest absolute Gasteiger partial charge is 0.468 e. The molecule has 1 amide bonds. The summed E-state index contributed by atoms with van der Waals surface area (Å²) < 4.78 is 5.33. The molecule has 1 atom stereocenters. The maximum absolute atomic E-state index is 11.1. The maximum Gasteiger partial charge on any atom is 0.219 e. The van der Waals surface area contributed by atoms with Crippen LogP contribution < -0.4 is 5.32 Å². The normalized spacial score (nSPS) is 12.8. The molecule has 0 aliphatic heterocycles. The summed E-state index contributed by atoms with van der Waals surface area (Å²) in [6, 6.07) is 3.87. The van der Waals surface area contributed by atoms with Gasteiger partial charge in [-0.25, -0.2) is 0 Å². The van der Waals surface area contributed by atoms with E-state index in [-0.39, 0.29) is 11.9 Å². The van der Waals surface area contributed by atoms with Gasteiger partial charge >= 0.3 is 0 Å². The van der Waals surface area contributed by atoms with E-state index in [4.69, 9.17) is 4.42 Å². The molecule has 0 aromatic carbocycles. The summed E-state index contributed by atoms with van der Waals surface area (Å²) in [5.74, 6) is 0.935. The van der Waals surface area contributed by atoms with Gasteiger partial charge in [-0.05, 0) is 26.2 Å². The SMILES string of the molecule is CCC(=O)NC[C@@H](c1ccco1)N(C)C. The molecule has 0 unspecified atom stereocenters. The quantitative estimate of drug-likeness (QED) is 0.799. The summed E-state index contributed by atoms with van der Waals surface area (Å²) in [6.45, 7) is 2.42.